The molecule has 11 heavy (non-hydrogen) atoms. The maximum absolute atomic E-state index is 8.26. The normalized spacial score (nSPS) is 11.2. The molecule has 1 aromatic heterocycles. The van der Waals surface area contributed by atoms with Crippen LogP contribution in [0.15, 0.2) is 22.8 Å². The highest BCUT2D eigenvalue weighted by atomic mass is 35.5. The molecule has 0 N–H and O–H groups in total. The molecular formula is C8H6ClNO. The molecule has 1 aromatic rings. The maximum Gasteiger partial charge on any atom is 0.101 e. The molecule has 0 aliphatic heterocycles. The van der Waals surface area contributed by atoms with Gasteiger partial charge in [0, 0.05) is 11.6 Å². The number of aryl methyl sites for hydroxylation is 1. The Hall–Kier alpha value is -1.20. The Morgan fingerprint density at radius 1 is 1.82 bits per heavy atom. The Labute approximate surface area is 69.7 Å². The smallest absolute Gasteiger partial charge is 0.101 e. The number of furan rings is 1. The average molecular weight is 168 g/mol. The van der Waals surface area contributed by atoms with Crippen LogP contribution >= 0.6 is 11.6 Å². The van der Waals surface area contributed by atoms with E-state index in [2.05, 4.69) is 0 Å². The highest BCUT2D eigenvalue weighted by molar-refractivity contribution is 6.48. The molecule has 0 saturated heterocycles. The van der Waals surface area contributed by atoms with Gasteiger partial charge >= 0.3 is 0 Å². The summed E-state index contributed by atoms with van der Waals surface area (Å²) in [6, 6.07) is 3.61. The van der Waals surface area contributed by atoms with Crippen molar-refractivity contribution in [2.24, 2.45) is 0 Å². The van der Waals surface area contributed by atoms with Gasteiger partial charge in [-0.15, -0.1) is 0 Å². The van der Waals surface area contributed by atoms with E-state index >= 15 is 0 Å². The van der Waals surface area contributed by atoms with Gasteiger partial charge in [-0.1, -0.05) is 11.6 Å². The summed E-state index contributed by atoms with van der Waals surface area (Å²) in [6.07, 6.45) is 2.79. The van der Waals surface area contributed by atoms with Crippen molar-refractivity contribution in [2.45, 2.75) is 6.92 Å². The van der Waals surface area contributed by atoms with Crippen molar-refractivity contribution < 1.29 is 4.42 Å². The Morgan fingerprint density at radius 2 is 2.55 bits per heavy atom. The van der Waals surface area contributed by atoms with Gasteiger partial charge in [-0.3, -0.25) is 0 Å². The van der Waals surface area contributed by atoms with Crippen molar-refractivity contribution in [3.8, 4) is 6.07 Å². The Morgan fingerprint density at radius 3 is 3.00 bits per heavy atom. The molecule has 0 atom stereocenters. The molecule has 1 heterocycles. The van der Waals surface area contributed by atoms with Crippen LogP contribution in [0.2, 0.25) is 0 Å². The zero-order chi connectivity index (χ0) is 8.27. The van der Waals surface area contributed by atoms with Crippen LogP contribution in [0, 0.1) is 18.3 Å². The van der Waals surface area contributed by atoms with Gasteiger partial charge in [0.05, 0.1) is 17.4 Å². The van der Waals surface area contributed by atoms with E-state index in [1.165, 1.54) is 12.3 Å². The molecule has 3 heteroatoms. The van der Waals surface area contributed by atoms with E-state index in [0.717, 1.165) is 11.3 Å². The molecular weight excluding hydrogens is 162 g/mol. The van der Waals surface area contributed by atoms with Crippen molar-refractivity contribution in [1.82, 2.24) is 0 Å². The first-order valence-electron chi connectivity index (χ1n) is 3.05. The highest BCUT2D eigenvalue weighted by Gasteiger charge is 2.00. The van der Waals surface area contributed by atoms with Crippen molar-refractivity contribution >= 4 is 16.6 Å². The lowest BCUT2D eigenvalue weighted by Crippen LogP contribution is -1.67. The van der Waals surface area contributed by atoms with Gasteiger partial charge in [0.15, 0.2) is 0 Å². The van der Waals surface area contributed by atoms with Crippen molar-refractivity contribution in [2.75, 3.05) is 0 Å². The SMILES string of the molecule is Cc1cc(C(Cl)=CC#N)co1. The van der Waals surface area contributed by atoms with Crippen LogP contribution in [0.4, 0.5) is 0 Å². The zero-order valence-corrected chi connectivity index (χ0v) is 6.72. The largest absolute Gasteiger partial charge is 0.469 e. The van der Waals surface area contributed by atoms with Gasteiger partial charge in [0.2, 0.25) is 0 Å². The minimum atomic E-state index is 0.407. The first-order chi connectivity index (χ1) is 5.24. The van der Waals surface area contributed by atoms with E-state index in [4.69, 9.17) is 21.3 Å². The number of hydrogen-bond donors (Lipinski definition) is 0. The number of hydrogen-bond acceptors (Lipinski definition) is 2. The first kappa shape index (κ1) is 7.90. The Bertz CT molecular complexity index is 319. The van der Waals surface area contributed by atoms with E-state index < -0.39 is 0 Å². The predicted octanol–water partition coefficient (Wildman–Crippen LogP) is 2.69. The molecule has 1 rings (SSSR count). The minimum absolute atomic E-state index is 0.407. The number of rotatable bonds is 1. The molecule has 0 bridgehead atoms. The molecule has 2 nitrogen and oxygen atoms in total. The second-order valence-corrected chi connectivity index (χ2v) is 2.47. The van der Waals surface area contributed by atoms with Crippen LogP contribution in [0.25, 0.3) is 5.03 Å². The number of halogens is 1. The van der Waals surface area contributed by atoms with Crippen LogP contribution in [0.1, 0.15) is 11.3 Å². The number of allylic oxidation sites excluding steroid dienone is 1. The first-order valence-corrected chi connectivity index (χ1v) is 3.42. The summed E-state index contributed by atoms with van der Waals surface area (Å²) in [6.45, 7) is 1.82. The van der Waals surface area contributed by atoms with E-state index in [0.29, 0.717) is 5.03 Å². The molecule has 0 unspecified atom stereocenters. The van der Waals surface area contributed by atoms with Gasteiger partial charge in [-0.25, -0.2) is 0 Å². The molecule has 0 spiro atoms. The lowest BCUT2D eigenvalue weighted by atomic mass is 10.3. The summed E-state index contributed by atoms with van der Waals surface area (Å²) in [5.74, 6) is 0.782. The Balaban J connectivity index is 2.95. The molecule has 0 saturated carbocycles. The van der Waals surface area contributed by atoms with E-state index in [1.807, 2.05) is 13.0 Å². The molecule has 0 fully saturated rings. The second kappa shape index (κ2) is 3.27. The van der Waals surface area contributed by atoms with Crippen molar-refractivity contribution in [1.29, 1.82) is 5.26 Å². The van der Waals surface area contributed by atoms with Gasteiger partial charge in [0.25, 0.3) is 0 Å². The molecule has 0 aliphatic rings. The minimum Gasteiger partial charge on any atom is -0.469 e. The predicted molar refractivity (Wildman–Crippen MR) is 42.9 cm³/mol. The van der Waals surface area contributed by atoms with E-state index in [-0.39, 0.29) is 0 Å². The molecule has 56 valence electrons. The summed E-state index contributed by atoms with van der Waals surface area (Å²) in [5, 5.41) is 8.67. The average Bonchev–Trinajstić information content (AvgIpc) is 2.36. The van der Waals surface area contributed by atoms with Crippen LogP contribution < -0.4 is 0 Å². The summed E-state index contributed by atoms with van der Waals surface area (Å²) >= 11 is 5.70. The molecule has 0 amide bonds. The third kappa shape index (κ3) is 1.86. The van der Waals surface area contributed by atoms with Crippen LogP contribution in [-0.4, -0.2) is 0 Å². The summed E-state index contributed by atoms with van der Waals surface area (Å²) in [4.78, 5) is 0. The third-order valence-corrected chi connectivity index (χ3v) is 1.52. The van der Waals surface area contributed by atoms with Gasteiger partial charge in [-0.2, -0.15) is 5.26 Å². The van der Waals surface area contributed by atoms with Gasteiger partial charge in [-0.05, 0) is 13.0 Å². The van der Waals surface area contributed by atoms with E-state index in [9.17, 15) is 0 Å². The highest BCUT2D eigenvalue weighted by Crippen LogP contribution is 2.20. The number of nitriles is 1. The fourth-order valence-electron chi connectivity index (χ4n) is 0.709. The molecule has 0 aromatic carbocycles. The fourth-order valence-corrected chi connectivity index (χ4v) is 0.857. The van der Waals surface area contributed by atoms with Gasteiger partial charge in [0.1, 0.15) is 5.76 Å². The van der Waals surface area contributed by atoms with Crippen LogP contribution in [0.5, 0.6) is 0 Å². The quantitative estimate of drug-likeness (QED) is 0.603. The van der Waals surface area contributed by atoms with Crippen molar-refractivity contribution in [3.63, 3.8) is 0 Å². The summed E-state index contributed by atoms with van der Waals surface area (Å²) < 4.78 is 5.00. The lowest BCUT2D eigenvalue weighted by molar-refractivity contribution is 0.534. The summed E-state index contributed by atoms with van der Waals surface area (Å²) in [7, 11) is 0. The number of nitrogens with zero attached hydrogens (tertiary/aromatic N) is 1. The standard InChI is InChI=1S/C8H6ClNO/c1-6-4-7(5-11-6)8(9)2-3-10/h2,4-5H,1H3. The van der Waals surface area contributed by atoms with Crippen LogP contribution in [0.3, 0.4) is 0 Å². The lowest BCUT2D eigenvalue weighted by Gasteiger charge is -1.85. The monoisotopic (exact) mass is 167 g/mol. The van der Waals surface area contributed by atoms with Gasteiger partial charge < -0.3 is 4.42 Å². The molecule has 0 radical (unpaired) electrons. The molecule has 0 aliphatic carbocycles. The zero-order valence-electron chi connectivity index (χ0n) is 5.97. The fraction of sp³-hybridized carbons (Fsp3) is 0.125. The van der Waals surface area contributed by atoms with Crippen molar-refractivity contribution in [3.05, 3.63) is 29.7 Å². The third-order valence-electron chi connectivity index (χ3n) is 1.20. The second-order valence-electron chi connectivity index (χ2n) is 2.07. The summed E-state index contributed by atoms with van der Waals surface area (Å²) in [5.41, 5.74) is 0.741. The van der Waals surface area contributed by atoms with E-state index in [1.54, 1.807) is 6.07 Å². The van der Waals surface area contributed by atoms with Crippen LogP contribution in [-0.2, 0) is 0 Å². The maximum atomic E-state index is 8.26. The topological polar surface area (TPSA) is 36.9 Å². The Kier molecular flexibility index (Phi) is 2.35.